The van der Waals surface area contributed by atoms with E-state index in [0.29, 0.717) is 24.3 Å². The molecule has 1 amide bonds. The molecule has 1 saturated heterocycles. The van der Waals surface area contributed by atoms with E-state index in [4.69, 9.17) is 0 Å². The SMILES string of the molecule is CCc1ccc(S(=O)(=O)Nc2ccc(C(=O)N3CCN(C)CC3)cc2)cc1. The van der Waals surface area contributed by atoms with Gasteiger partial charge in [0.1, 0.15) is 0 Å². The maximum atomic E-state index is 12.6. The fourth-order valence-corrected chi connectivity index (χ4v) is 4.05. The molecule has 0 saturated carbocycles. The van der Waals surface area contributed by atoms with Gasteiger partial charge in [0, 0.05) is 37.4 Å². The molecule has 144 valence electrons. The second kappa shape index (κ2) is 8.10. The highest BCUT2D eigenvalue weighted by Gasteiger charge is 2.20. The summed E-state index contributed by atoms with van der Waals surface area (Å²) in [6.07, 6.45) is 0.858. The molecule has 1 fully saturated rings. The molecule has 1 aliphatic heterocycles. The lowest BCUT2D eigenvalue weighted by atomic mass is 10.1. The number of amides is 1. The van der Waals surface area contributed by atoms with Gasteiger partial charge in [-0.05, 0) is 55.4 Å². The first-order chi connectivity index (χ1) is 12.9. The zero-order valence-electron chi connectivity index (χ0n) is 15.7. The summed E-state index contributed by atoms with van der Waals surface area (Å²) in [6, 6.07) is 13.4. The van der Waals surface area contributed by atoms with Crippen molar-refractivity contribution >= 4 is 21.6 Å². The number of piperazine rings is 1. The lowest BCUT2D eigenvalue weighted by Crippen LogP contribution is -2.47. The smallest absolute Gasteiger partial charge is 0.261 e. The van der Waals surface area contributed by atoms with Gasteiger partial charge in [0.25, 0.3) is 15.9 Å². The third kappa shape index (κ3) is 4.67. The normalized spacial score (nSPS) is 15.6. The fraction of sp³-hybridized carbons (Fsp3) is 0.350. The molecular weight excluding hydrogens is 362 g/mol. The van der Waals surface area contributed by atoms with Gasteiger partial charge < -0.3 is 9.80 Å². The third-order valence-corrected chi connectivity index (χ3v) is 6.21. The molecule has 0 spiro atoms. The van der Waals surface area contributed by atoms with Crippen molar-refractivity contribution in [2.45, 2.75) is 18.2 Å². The van der Waals surface area contributed by atoms with E-state index in [-0.39, 0.29) is 10.8 Å². The highest BCUT2D eigenvalue weighted by atomic mass is 32.2. The number of benzene rings is 2. The minimum absolute atomic E-state index is 0.0207. The maximum absolute atomic E-state index is 12.6. The summed E-state index contributed by atoms with van der Waals surface area (Å²) >= 11 is 0. The molecule has 27 heavy (non-hydrogen) atoms. The zero-order valence-corrected chi connectivity index (χ0v) is 16.5. The van der Waals surface area contributed by atoms with E-state index in [0.717, 1.165) is 25.1 Å². The monoisotopic (exact) mass is 387 g/mol. The van der Waals surface area contributed by atoms with Crippen molar-refractivity contribution < 1.29 is 13.2 Å². The summed E-state index contributed by atoms with van der Waals surface area (Å²) in [5.41, 5.74) is 2.08. The summed E-state index contributed by atoms with van der Waals surface area (Å²) < 4.78 is 27.6. The number of nitrogens with one attached hydrogen (secondary N) is 1. The van der Waals surface area contributed by atoms with Gasteiger partial charge in [-0.1, -0.05) is 19.1 Å². The molecular formula is C20H25N3O3S. The molecule has 0 aromatic heterocycles. The minimum Gasteiger partial charge on any atom is -0.336 e. The third-order valence-electron chi connectivity index (χ3n) is 4.82. The highest BCUT2D eigenvalue weighted by molar-refractivity contribution is 7.92. The van der Waals surface area contributed by atoms with E-state index >= 15 is 0 Å². The maximum Gasteiger partial charge on any atom is 0.261 e. The van der Waals surface area contributed by atoms with Crippen LogP contribution in [0.2, 0.25) is 0 Å². The lowest BCUT2D eigenvalue weighted by molar-refractivity contribution is 0.0664. The van der Waals surface area contributed by atoms with Crippen LogP contribution in [0.4, 0.5) is 5.69 Å². The predicted molar refractivity (Wildman–Crippen MR) is 106 cm³/mol. The average molecular weight is 388 g/mol. The topological polar surface area (TPSA) is 69.7 Å². The molecule has 7 heteroatoms. The molecule has 2 aromatic rings. The fourth-order valence-electron chi connectivity index (χ4n) is 2.99. The lowest BCUT2D eigenvalue weighted by Gasteiger charge is -2.32. The second-order valence-corrected chi connectivity index (χ2v) is 8.46. The number of hydrogen-bond acceptors (Lipinski definition) is 4. The van der Waals surface area contributed by atoms with E-state index in [1.807, 2.05) is 31.0 Å². The molecule has 1 aliphatic rings. The quantitative estimate of drug-likeness (QED) is 0.856. The van der Waals surface area contributed by atoms with Crippen LogP contribution < -0.4 is 4.72 Å². The van der Waals surface area contributed by atoms with E-state index in [1.54, 1.807) is 36.4 Å². The summed E-state index contributed by atoms with van der Waals surface area (Å²) in [4.78, 5) is 16.8. The Morgan fingerprint density at radius 3 is 2.11 bits per heavy atom. The molecule has 0 radical (unpaired) electrons. The number of aryl methyl sites for hydroxylation is 1. The van der Waals surface area contributed by atoms with Crippen LogP contribution >= 0.6 is 0 Å². The van der Waals surface area contributed by atoms with Crippen LogP contribution in [-0.2, 0) is 16.4 Å². The van der Waals surface area contributed by atoms with E-state index in [9.17, 15) is 13.2 Å². The van der Waals surface area contributed by atoms with Crippen molar-refractivity contribution in [3.8, 4) is 0 Å². The van der Waals surface area contributed by atoms with Crippen LogP contribution in [0.15, 0.2) is 53.4 Å². The molecule has 1 N–H and O–H groups in total. The van der Waals surface area contributed by atoms with E-state index < -0.39 is 10.0 Å². The molecule has 1 heterocycles. The van der Waals surface area contributed by atoms with Gasteiger partial charge in [-0.2, -0.15) is 0 Å². The minimum atomic E-state index is -3.65. The number of anilines is 1. The number of nitrogens with zero attached hydrogens (tertiary/aromatic N) is 2. The summed E-state index contributed by atoms with van der Waals surface area (Å²) in [5.74, 6) is -0.0207. The first-order valence-corrected chi connectivity index (χ1v) is 10.6. The van der Waals surface area contributed by atoms with Crippen LogP contribution in [0.25, 0.3) is 0 Å². The van der Waals surface area contributed by atoms with Gasteiger partial charge in [-0.25, -0.2) is 8.42 Å². The Labute approximate surface area is 160 Å². The molecule has 3 rings (SSSR count). The number of carbonyl (C=O) groups excluding carboxylic acids is 1. The second-order valence-electron chi connectivity index (χ2n) is 6.78. The standard InChI is InChI=1S/C20H25N3O3S/c1-3-16-4-10-19(11-5-16)27(25,26)21-18-8-6-17(7-9-18)20(24)23-14-12-22(2)13-15-23/h4-11,21H,3,12-15H2,1-2H3. The van der Waals surface area contributed by atoms with Crippen molar-refractivity contribution in [3.63, 3.8) is 0 Å². The van der Waals surface area contributed by atoms with Gasteiger partial charge in [0.15, 0.2) is 0 Å². The Hall–Kier alpha value is -2.38. The van der Waals surface area contributed by atoms with Gasteiger partial charge in [0.05, 0.1) is 4.90 Å². The van der Waals surface area contributed by atoms with Crippen molar-refractivity contribution in [2.75, 3.05) is 37.9 Å². The number of rotatable bonds is 5. The van der Waals surface area contributed by atoms with E-state index in [2.05, 4.69) is 9.62 Å². The molecule has 0 aliphatic carbocycles. The van der Waals surface area contributed by atoms with Crippen molar-refractivity contribution in [1.29, 1.82) is 0 Å². The number of carbonyl (C=O) groups is 1. The Bertz CT molecular complexity index is 885. The number of hydrogen-bond donors (Lipinski definition) is 1. The van der Waals surface area contributed by atoms with Gasteiger partial charge >= 0.3 is 0 Å². The first-order valence-electron chi connectivity index (χ1n) is 9.08. The molecule has 0 bridgehead atoms. The van der Waals surface area contributed by atoms with Crippen LogP contribution in [0.1, 0.15) is 22.8 Å². The van der Waals surface area contributed by atoms with Crippen molar-refractivity contribution in [1.82, 2.24) is 9.80 Å². The largest absolute Gasteiger partial charge is 0.336 e. The zero-order chi connectivity index (χ0) is 19.4. The predicted octanol–water partition coefficient (Wildman–Crippen LogP) is 2.44. The summed E-state index contributed by atoms with van der Waals surface area (Å²) in [5, 5.41) is 0. The average Bonchev–Trinajstić information content (AvgIpc) is 2.68. The Morgan fingerprint density at radius 1 is 0.963 bits per heavy atom. The molecule has 2 aromatic carbocycles. The Balaban J connectivity index is 1.68. The Kier molecular flexibility index (Phi) is 5.82. The number of sulfonamides is 1. The van der Waals surface area contributed by atoms with Gasteiger partial charge in [0.2, 0.25) is 0 Å². The van der Waals surface area contributed by atoms with Crippen LogP contribution in [-0.4, -0.2) is 57.4 Å². The van der Waals surface area contributed by atoms with Crippen LogP contribution in [0, 0.1) is 0 Å². The molecule has 0 atom stereocenters. The van der Waals surface area contributed by atoms with Crippen LogP contribution in [0.5, 0.6) is 0 Å². The van der Waals surface area contributed by atoms with Crippen LogP contribution in [0.3, 0.4) is 0 Å². The first kappa shape index (κ1) is 19.4. The van der Waals surface area contributed by atoms with Gasteiger partial charge in [-0.3, -0.25) is 9.52 Å². The Morgan fingerprint density at radius 2 is 1.56 bits per heavy atom. The van der Waals surface area contributed by atoms with E-state index in [1.165, 1.54) is 0 Å². The molecule has 6 nitrogen and oxygen atoms in total. The summed E-state index contributed by atoms with van der Waals surface area (Å²) in [7, 11) is -1.61. The highest BCUT2D eigenvalue weighted by Crippen LogP contribution is 2.18. The summed E-state index contributed by atoms with van der Waals surface area (Å²) in [6.45, 7) is 5.16. The van der Waals surface area contributed by atoms with Gasteiger partial charge in [-0.15, -0.1) is 0 Å². The number of likely N-dealkylation sites (N-methyl/N-ethyl adjacent to an activating group) is 1. The molecule has 0 unspecified atom stereocenters. The van der Waals surface area contributed by atoms with Crippen molar-refractivity contribution in [2.24, 2.45) is 0 Å². The van der Waals surface area contributed by atoms with Crippen molar-refractivity contribution in [3.05, 3.63) is 59.7 Å².